The average molecular weight is 355 g/mol. The minimum atomic E-state index is -0.329. The van der Waals surface area contributed by atoms with E-state index in [0.717, 1.165) is 36.9 Å². The van der Waals surface area contributed by atoms with Crippen molar-refractivity contribution in [3.8, 4) is 5.69 Å². The van der Waals surface area contributed by atoms with E-state index in [1.165, 1.54) is 10.9 Å². The standard InChI is InChI=1S/C19H18FN3OS/c20-15-7-1-2-8-17(15)23-16-9-3-6-14(16)18(22-23)19(24)21-11-10-13-5-4-12-25-13/h1-2,4-5,7-8,12H,3,6,9-11H2,(H,21,24). The van der Waals surface area contributed by atoms with Crippen molar-refractivity contribution >= 4 is 17.2 Å². The van der Waals surface area contributed by atoms with Crippen LogP contribution in [-0.2, 0) is 19.3 Å². The summed E-state index contributed by atoms with van der Waals surface area (Å²) < 4.78 is 15.8. The van der Waals surface area contributed by atoms with Gasteiger partial charge in [-0.3, -0.25) is 4.79 Å². The summed E-state index contributed by atoms with van der Waals surface area (Å²) in [5, 5.41) is 9.42. The summed E-state index contributed by atoms with van der Waals surface area (Å²) in [4.78, 5) is 13.8. The van der Waals surface area contributed by atoms with Crippen LogP contribution in [0.4, 0.5) is 4.39 Å². The molecule has 1 aliphatic rings. The number of para-hydroxylation sites is 1. The molecule has 4 nitrogen and oxygen atoms in total. The highest BCUT2D eigenvalue weighted by atomic mass is 32.1. The van der Waals surface area contributed by atoms with E-state index in [0.29, 0.717) is 17.9 Å². The van der Waals surface area contributed by atoms with Gasteiger partial charge in [-0.1, -0.05) is 18.2 Å². The summed E-state index contributed by atoms with van der Waals surface area (Å²) >= 11 is 1.68. The predicted molar refractivity (Wildman–Crippen MR) is 95.9 cm³/mol. The third-order valence-corrected chi connectivity index (χ3v) is 5.40. The lowest BCUT2D eigenvalue weighted by Crippen LogP contribution is -2.27. The SMILES string of the molecule is O=C(NCCc1cccs1)c1nn(-c2ccccc2F)c2c1CCC2. The second-order valence-corrected chi connectivity index (χ2v) is 7.11. The Balaban J connectivity index is 1.57. The van der Waals surface area contributed by atoms with Gasteiger partial charge in [-0.15, -0.1) is 11.3 Å². The molecule has 0 unspecified atom stereocenters. The van der Waals surface area contributed by atoms with Gasteiger partial charge >= 0.3 is 0 Å². The molecule has 0 atom stereocenters. The molecule has 0 bridgehead atoms. The quantitative estimate of drug-likeness (QED) is 0.761. The number of carbonyl (C=O) groups excluding carboxylic acids is 1. The lowest BCUT2D eigenvalue weighted by atomic mass is 10.2. The molecule has 6 heteroatoms. The second-order valence-electron chi connectivity index (χ2n) is 6.08. The lowest BCUT2D eigenvalue weighted by molar-refractivity contribution is 0.0948. The highest BCUT2D eigenvalue weighted by molar-refractivity contribution is 7.09. The minimum absolute atomic E-state index is 0.176. The van der Waals surface area contributed by atoms with Crippen LogP contribution in [0, 0.1) is 5.82 Å². The lowest BCUT2D eigenvalue weighted by Gasteiger charge is -2.06. The first-order valence-corrected chi connectivity index (χ1v) is 9.28. The van der Waals surface area contributed by atoms with Crippen molar-refractivity contribution in [1.82, 2.24) is 15.1 Å². The molecule has 4 rings (SSSR count). The monoisotopic (exact) mass is 355 g/mol. The molecule has 3 aromatic rings. The normalized spacial score (nSPS) is 13.0. The summed E-state index contributed by atoms with van der Waals surface area (Å²) in [7, 11) is 0. The van der Waals surface area contributed by atoms with E-state index in [9.17, 15) is 9.18 Å². The molecule has 0 spiro atoms. The van der Waals surface area contributed by atoms with Crippen molar-refractivity contribution in [3.63, 3.8) is 0 Å². The Kier molecular flexibility index (Phi) is 4.36. The second kappa shape index (κ2) is 6.80. The van der Waals surface area contributed by atoms with E-state index in [1.54, 1.807) is 34.2 Å². The van der Waals surface area contributed by atoms with Crippen molar-refractivity contribution in [2.24, 2.45) is 0 Å². The summed E-state index contributed by atoms with van der Waals surface area (Å²) in [5.41, 5.74) is 2.74. The van der Waals surface area contributed by atoms with Crippen LogP contribution in [0.25, 0.3) is 5.69 Å². The molecule has 25 heavy (non-hydrogen) atoms. The third-order valence-electron chi connectivity index (χ3n) is 4.46. The minimum Gasteiger partial charge on any atom is -0.350 e. The fourth-order valence-electron chi connectivity index (χ4n) is 3.28. The number of nitrogens with zero attached hydrogens (tertiary/aromatic N) is 2. The molecule has 0 radical (unpaired) electrons. The summed E-state index contributed by atoms with van der Waals surface area (Å²) in [6.45, 7) is 0.570. The summed E-state index contributed by atoms with van der Waals surface area (Å²) in [5.74, 6) is -0.505. The molecule has 1 aliphatic carbocycles. The van der Waals surface area contributed by atoms with Crippen LogP contribution in [-0.4, -0.2) is 22.2 Å². The van der Waals surface area contributed by atoms with Gasteiger partial charge in [0.25, 0.3) is 5.91 Å². The third kappa shape index (κ3) is 3.09. The largest absolute Gasteiger partial charge is 0.350 e. The van der Waals surface area contributed by atoms with Crippen LogP contribution >= 0.6 is 11.3 Å². The first kappa shape index (κ1) is 16.0. The molecule has 1 aromatic carbocycles. The molecule has 1 amide bonds. The zero-order chi connectivity index (χ0) is 17.2. The number of rotatable bonds is 5. The molecule has 0 aliphatic heterocycles. The van der Waals surface area contributed by atoms with E-state index in [1.807, 2.05) is 11.4 Å². The zero-order valence-electron chi connectivity index (χ0n) is 13.7. The van der Waals surface area contributed by atoms with Gasteiger partial charge in [-0.2, -0.15) is 5.10 Å². The van der Waals surface area contributed by atoms with Crippen LogP contribution in [0.1, 0.15) is 33.0 Å². The van der Waals surface area contributed by atoms with Crippen molar-refractivity contribution in [1.29, 1.82) is 0 Å². The van der Waals surface area contributed by atoms with Gasteiger partial charge in [0.1, 0.15) is 11.5 Å². The Morgan fingerprint density at radius 2 is 2.12 bits per heavy atom. The number of halogens is 1. The van der Waals surface area contributed by atoms with Crippen LogP contribution in [0.15, 0.2) is 41.8 Å². The number of benzene rings is 1. The number of nitrogens with one attached hydrogen (secondary N) is 1. The van der Waals surface area contributed by atoms with Crippen LogP contribution < -0.4 is 5.32 Å². The topological polar surface area (TPSA) is 46.9 Å². The van der Waals surface area contributed by atoms with E-state index < -0.39 is 0 Å². The molecular weight excluding hydrogens is 337 g/mol. The number of thiophene rings is 1. The van der Waals surface area contributed by atoms with Gasteiger partial charge in [-0.05, 0) is 49.3 Å². The molecule has 2 heterocycles. The van der Waals surface area contributed by atoms with E-state index >= 15 is 0 Å². The fraction of sp³-hybridized carbons (Fsp3) is 0.263. The Labute approximate surface area is 149 Å². The van der Waals surface area contributed by atoms with Crippen LogP contribution in [0.3, 0.4) is 0 Å². The number of aromatic nitrogens is 2. The van der Waals surface area contributed by atoms with Crippen LogP contribution in [0.2, 0.25) is 0 Å². The first-order chi connectivity index (χ1) is 12.2. The fourth-order valence-corrected chi connectivity index (χ4v) is 3.99. The number of amides is 1. The van der Waals surface area contributed by atoms with Gasteiger partial charge in [0.05, 0.1) is 0 Å². The smallest absolute Gasteiger partial charge is 0.272 e. The molecular formula is C19H18FN3OS. The number of hydrogen-bond donors (Lipinski definition) is 1. The Bertz CT molecular complexity index is 902. The van der Waals surface area contributed by atoms with Gasteiger partial charge in [-0.25, -0.2) is 9.07 Å². The van der Waals surface area contributed by atoms with Crippen molar-refractivity contribution in [3.05, 3.63) is 69.4 Å². The molecule has 2 aromatic heterocycles. The van der Waals surface area contributed by atoms with Gasteiger partial charge in [0, 0.05) is 22.7 Å². The van der Waals surface area contributed by atoms with Crippen molar-refractivity contribution < 1.29 is 9.18 Å². The maximum atomic E-state index is 14.2. The first-order valence-electron chi connectivity index (χ1n) is 8.40. The zero-order valence-corrected chi connectivity index (χ0v) is 14.5. The van der Waals surface area contributed by atoms with Gasteiger partial charge < -0.3 is 5.32 Å². The Hall–Kier alpha value is -2.47. The van der Waals surface area contributed by atoms with E-state index in [2.05, 4.69) is 16.5 Å². The van der Waals surface area contributed by atoms with Gasteiger partial charge in [0.2, 0.25) is 0 Å². The number of fused-ring (bicyclic) bond motifs is 1. The Morgan fingerprint density at radius 3 is 2.92 bits per heavy atom. The summed E-state index contributed by atoms with van der Waals surface area (Å²) in [6.07, 6.45) is 3.41. The molecule has 0 saturated carbocycles. The van der Waals surface area contributed by atoms with Crippen molar-refractivity contribution in [2.45, 2.75) is 25.7 Å². The van der Waals surface area contributed by atoms with Crippen LogP contribution in [0.5, 0.6) is 0 Å². The average Bonchev–Trinajstić information content (AvgIpc) is 3.33. The summed E-state index contributed by atoms with van der Waals surface area (Å²) in [6, 6.07) is 10.6. The molecule has 128 valence electrons. The number of carbonyl (C=O) groups is 1. The molecule has 0 saturated heterocycles. The van der Waals surface area contributed by atoms with Gasteiger partial charge in [0.15, 0.2) is 5.69 Å². The molecule has 1 N–H and O–H groups in total. The van der Waals surface area contributed by atoms with E-state index in [-0.39, 0.29) is 11.7 Å². The number of hydrogen-bond acceptors (Lipinski definition) is 3. The maximum absolute atomic E-state index is 14.2. The van der Waals surface area contributed by atoms with Crippen molar-refractivity contribution in [2.75, 3.05) is 6.54 Å². The highest BCUT2D eigenvalue weighted by Crippen LogP contribution is 2.28. The predicted octanol–water partition coefficient (Wildman–Crippen LogP) is 3.53. The Morgan fingerprint density at radius 1 is 1.24 bits per heavy atom. The maximum Gasteiger partial charge on any atom is 0.272 e. The van der Waals surface area contributed by atoms with E-state index in [4.69, 9.17) is 0 Å². The molecule has 0 fully saturated rings. The highest BCUT2D eigenvalue weighted by Gasteiger charge is 2.27.